The van der Waals surface area contributed by atoms with Crippen molar-refractivity contribution in [1.82, 2.24) is 5.32 Å². The van der Waals surface area contributed by atoms with Gasteiger partial charge in [-0.1, -0.05) is 40.9 Å². The molecule has 2 aromatic rings. The number of carbonyl (C=O) groups is 1. The zero-order valence-corrected chi connectivity index (χ0v) is 15.5. The fraction of sp³-hybridized carbons (Fsp3) is 0.278. The van der Waals surface area contributed by atoms with E-state index in [2.05, 4.69) is 5.32 Å². The van der Waals surface area contributed by atoms with Crippen molar-refractivity contribution in [3.8, 4) is 11.5 Å². The third-order valence-corrected chi connectivity index (χ3v) is 4.72. The predicted molar refractivity (Wildman–Crippen MR) is 99.1 cm³/mol. The molecule has 0 radical (unpaired) electrons. The van der Waals surface area contributed by atoms with Crippen LogP contribution in [0.2, 0.25) is 15.1 Å². The summed E-state index contributed by atoms with van der Waals surface area (Å²) in [6, 6.07) is 8.75. The Balaban J connectivity index is 1.63. The Kier molecular flexibility index (Phi) is 5.94. The monoisotopic (exact) mass is 399 g/mol. The van der Waals surface area contributed by atoms with Crippen LogP contribution in [0.4, 0.5) is 0 Å². The van der Waals surface area contributed by atoms with Crippen LogP contribution in [-0.2, 0) is 17.8 Å². The maximum atomic E-state index is 12.1. The first kappa shape index (κ1) is 18.2. The summed E-state index contributed by atoms with van der Waals surface area (Å²) < 4.78 is 11.2. The predicted octanol–water partition coefficient (Wildman–Crippen LogP) is 4.67. The van der Waals surface area contributed by atoms with Gasteiger partial charge in [0.05, 0.1) is 34.7 Å². The first-order valence-electron chi connectivity index (χ1n) is 7.81. The normalized spacial score (nSPS) is 13.2. The maximum absolute atomic E-state index is 12.1. The number of nitrogens with one attached hydrogen (secondary N) is 1. The number of carbonyl (C=O) groups excluding carboxylic acids is 1. The SMILES string of the molecule is O=C(Cc1ccc(Cl)c(Cl)c1)NCc1cc(Cl)c2c(c1)OCCCO2. The molecule has 0 spiro atoms. The molecule has 0 bridgehead atoms. The molecule has 1 aliphatic heterocycles. The smallest absolute Gasteiger partial charge is 0.224 e. The summed E-state index contributed by atoms with van der Waals surface area (Å²) in [6.45, 7) is 1.50. The third-order valence-electron chi connectivity index (χ3n) is 3.70. The fourth-order valence-electron chi connectivity index (χ4n) is 2.48. The molecule has 3 rings (SSSR count). The number of fused-ring (bicyclic) bond motifs is 1. The van der Waals surface area contributed by atoms with Crippen molar-refractivity contribution in [3.63, 3.8) is 0 Å². The van der Waals surface area contributed by atoms with Crippen LogP contribution >= 0.6 is 34.8 Å². The Morgan fingerprint density at radius 2 is 1.72 bits per heavy atom. The first-order chi connectivity index (χ1) is 12.0. The van der Waals surface area contributed by atoms with Gasteiger partial charge in [-0.05, 0) is 35.4 Å². The molecule has 7 heteroatoms. The van der Waals surface area contributed by atoms with E-state index < -0.39 is 0 Å². The Morgan fingerprint density at radius 3 is 2.52 bits per heavy atom. The van der Waals surface area contributed by atoms with Gasteiger partial charge in [-0.2, -0.15) is 0 Å². The number of ether oxygens (including phenoxy) is 2. The zero-order valence-electron chi connectivity index (χ0n) is 13.3. The van der Waals surface area contributed by atoms with Crippen molar-refractivity contribution < 1.29 is 14.3 Å². The summed E-state index contributed by atoms with van der Waals surface area (Å²) in [7, 11) is 0. The van der Waals surface area contributed by atoms with E-state index in [9.17, 15) is 4.79 Å². The van der Waals surface area contributed by atoms with Crippen LogP contribution in [0.25, 0.3) is 0 Å². The zero-order chi connectivity index (χ0) is 17.8. The minimum Gasteiger partial charge on any atom is -0.489 e. The Bertz CT molecular complexity index is 795. The topological polar surface area (TPSA) is 47.6 Å². The summed E-state index contributed by atoms with van der Waals surface area (Å²) in [6.07, 6.45) is 1.02. The molecular weight excluding hydrogens is 385 g/mol. The van der Waals surface area contributed by atoms with Crippen LogP contribution in [0.15, 0.2) is 30.3 Å². The van der Waals surface area contributed by atoms with Gasteiger partial charge in [0.15, 0.2) is 11.5 Å². The number of rotatable bonds is 4. The molecule has 1 heterocycles. The highest BCUT2D eigenvalue weighted by Gasteiger charge is 2.16. The average Bonchev–Trinajstić information content (AvgIpc) is 2.82. The second kappa shape index (κ2) is 8.17. The molecule has 0 saturated carbocycles. The standard InChI is InChI=1S/C18H16Cl3NO3/c19-13-3-2-11(6-14(13)20)9-17(23)22-10-12-7-15(21)18-16(8-12)24-4-1-5-25-18/h2-3,6-8H,1,4-5,9-10H2,(H,22,23). The highest BCUT2D eigenvalue weighted by molar-refractivity contribution is 6.42. The van der Waals surface area contributed by atoms with E-state index in [-0.39, 0.29) is 12.3 Å². The minimum absolute atomic E-state index is 0.123. The van der Waals surface area contributed by atoms with Gasteiger partial charge in [0.25, 0.3) is 0 Å². The molecule has 0 aliphatic carbocycles. The molecule has 0 aromatic heterocycles. The van der Waals surface area contributed by atoms with Crippen LogP contribution in [0.3, 0.4) is 0 Å². The highest BCUT2D eigenvalue weighted by Crippen LogP contribution is 2.37. The van der Waals surface area contributed by atoms with Crippen LogP contribution in [0.5, 0.6) is 11.5 Å². The van der Waals surface area contributed by atoms with Crippen molar-refractivity contribution in [2.45, 2.75) is 19.4 Å². The number of hydrogen-bond acceptors (Lipinski definition) is 3. The van der Waals surface area contributed by atoms with E-state index >= 15 is 0 Å². The van der Waals surface area contributed by atoms with Crippen LogP contribution in [0.1, 0.15) is 17.5 Å². The van der Waals surface area contributed by atoms with E-state index in [4.69, 9.17) is 44.3 Å². The fourth-order valence-corrected chi connectivity index (χ4v) is 3.09. The van der Waals surface area contributed by atoms with Gasteiger partial charge >= 0.3 is 0 Å². The van der Waals surface area contributed by atoms with Gasteiger partial charge in [0, 0.05) is 13.0 Å². The van der Waals surface area contributed by atoms with E-state index in [1.807, 2.05) is 6.07 Å². The number of benzene rings is 2. The average molecular weight is 401 g/mol. The number of amides is 1. The molecule has 132 valence electrons. The lowest BCUT2D eigenvalue weighted by Gasteiger charge is -2.12. The molecule has 1 aliphatic rings. The van der Waals surface area contributed by atoms with Crippen molar-refractivity contribution in [3.05, 3.63) is 56.5 Å². The highest BCUT2D eigenvalue weighted by atomic mass is 35.5. The van der Waals surface area contributed by atoms with Gasteiger partial charge < -0.3 is 14.8 Å². The Hall–Kier alpha value is -1.62. The van der Waals surface area contributed by atoms with E-state index in [0.29, 0.717) is 46.3 Å². The molecule has 0 saturated heterocycles. The lowest BCUT2D eigenvalue weighted by molar-refractivity contribution is -0.120. The molecule has 0 atom stereocenters. The molecular formula is C18H16Cl3NO3. The number of halogens is 3. The molecule has 0 unspecified atom stereocenters. The van der Waals surface area contributed by atoms with Gasteiger partial charge in [-0.15, -0.1) is 0 Å². The Morgan fingerprint density at radius 1 is 0.960 bits per heavy atom. The molecule has 0 fully saturated rings. The summed E-state index contributed by atoms with van der Waals surface area (Å²) in [5.74, 6) is 1.05. The van der Waals surface area contributed by atoms with Crippen molar-refractivity contribution >= 4 is 40.7 Å². The van der Waals surface area contributed by atoms with Gasteiger partial charge in [0.2, 0.25) is 5.91 Å². The van der Waals surface area contributed by atoms with E-state index in [1.165, 1.54) is 0 Å². The summed E-state index contributed by atoms with van der Waals surface area (Å²) in [5, 5.41) is 4.24. The molecule has 25 heavy (non-hydrogen) atoms. The largest absolute Gasteiger partial charge is 0.489 e. The second-order valence-corrected chi connectivity index (χ2v) is 6.88. The summed E-state index contributed by atoms with van der Waals surface area (Å²) >= 11 is 18.1. The quantitative estimate of drug-likeness (QED) is 0.811. The van der Waals surface area contributed by atoms with E-state index in [0.717, 1.165) is 17.5 Å². The van der Waals surface area contributed by atoms with Gasteiger partial charge in [0.1, 0.15) is 0 Å². The second-order valence-electron chi connectivity index (χ2n) is 5.66. The van der Waals surface area contributed by atoms with Gasteiger partial charge in [-0.3, -0.25) is 4.79 Å². The van der Waals surface area contributed by atoms with Crippen LogP contribution in [0, 0.1) is 0 Å². The maximum Gasteiger partial charge on any atom is 0.224 e. The first-order valence-corrected chi connectivity index (χ1v) is 8.95. The Labute approximate surface area is 161 Å². The molecule has 1 N–H and O–H groups in total. The third kappa shape index (κ3) is 4.72. The summed E-state index contributed by atoms with van der Waals surface area (Å²) in [4.78, 5) is 12.1. The van der Waals surface area contributed by atoms with Crippen molar-refractivity contribution in [1.29, 1.82) is 0 Å². The van der Waals surface area contributed by atoms with Crippen LogP contribution < -0.4 is 14.8 Å². The van der Waals surface area contributed by atoms with Crippen molar-refractivity contribution in [2.75, 3.05) is 13.2 Å². The number of hydrogen-bond donors (Lipinski definition) is 1. The lowest BCUT2D eigenvalue weighted by Crippen LogP contribution is -2.24. The minimum atomic E-state index is -0.123. The molecule has 1 amide bonds. The lowest BCUT2D eigenvalue weighted by atomic mass is 10.1. The summed E-state index contributed by atoms with van der Waals surface area (Å²) in [5.41, 5.74) is 1.64. The van der Waals surface area contributed by atoms with E-state index in [1.54, 1.807) is 24.3 Å². The van der Waals surface area contributed by atoms with Crippen molar-refractivity contribution in [2.24, 2.45) is 0 Å². The molecule has 2 aromatic carbocycles. The molecule has 4 nitrogen and oxygen atoms in total. The van der Waals surface area contributed by atoms with Gasteiger partial charge in [-0.25, -0.2) is 0 Å². The van der Waals surface area contributed by atoms with Crippen LogP contribution in [-0.4, -0.2) is 19.1 Å².